The predicted molar refractivity (Wildman–Crippen MR) is 50.0 cm³/mol. The Kier molecular flexibility index (Phi) is 1.91. The molecule has 3 nitrogen and oxygen atoms in total. The van der Waals surface area contributed by atoms with Gasteiger partial charge in [-0.1, -0.05) is 35.8 Å². The maximum Gasteiger partial charge on any atom is 0.331 e. The average Bonchev–Trinajstić information content (AvgIpc) is 2.53. The Morgan fingerprint density at radius 2 is 2.00 bits per heavy atom. The van der Waals surface area contributed by atoms with Gasteiger partial charge in [0, 0.05) is 5.56 Å². The summed E-state index contributed by atoms with van der Waals surface area (Å²) in [6.45, 7) is 0. The summed E-state index contributed by atoms with van der Waals surface area (Å²) in [5.41, 5.74) is 4.62. The number of benzene rings is 1. The van der Waals surface area contributed by atoms with Gasteiger partial charge in [-0.15, -0.1) is 0 Å². The van der Waals surface area contributed by atoms with Gasteiger partial charge < -0.3 is 0 Å². The summed E-state index contributed by atoms with van der Waals surface area (Å²) in [5, 5.41) is 7.61. The van der Waals surface area contributed by atoms with Crippen molar-refractivity contribution in [3.63, 3.8) is 0 Å². The summed E-state index contributed by atoms with van der Waals surface area (Å²) in [5.74, 6) is 0. The van der Waals surface area contributed by atoms with Crippen LogP contribution in [0, 0.1) is 0 Å². The minimum Gasteiger partial charge on any atom is -0.0622 e. The van der Waals surface area contributed by atoms with Gasteiger partial charge in [0.2, 0.25) is 0 Å². The highest BCUT2D eigenvalue weighted by Crippen LogP contribution is 2.23. The topological polar surface area (TPSA) is 38.5 Å². The van der Waals surface area contributed by atoms with Crippen LogP contribution in [0.2, 0.25) is 0 Å². The molecule has 0 atom stereocenters. The van der Waals surface area contributed by atoms with E-state index < -0.39 is 0 Å². The van der Waals surface area contributed by atoms with Gasteiger partial charge in [0.25, 0.3) is 0 Å². The first-order chi connectivity index (χ1) is 5.88. The highest BCUT2D eigenvalue weighted by atomic mass is 79.9. The number of hydrogen-bond acceptors (Lipinski definition) is 3. The second-order valence-electron chi connectivity index (χ2n) is 2.34. The Hall–Kier alpha value is -1.16. The Bertz CT molecular complexity index is 343. The van der Waals surface area contributed by atoms with Gasteiger partial charge in [-0.25, -0.2) is 0 Å². The van der Waals surface area contributed by atoms with Gasteiger partial charge in [-0.05, 0) is 15.9 Å². The zero-order valence-corrected chi connectivity index (χ0v) is 7.75. The van der Waals surface area contributed by atoms with Crippen molar-refractivity contribution in [2.75, 3.05) is 0 Å². The van der Waals surface area contributed by atoms with E-state index in [0.29, 0.717) is 0 Å². The molecule has 0 aliphatic carbocycles. The molecule has 2 rings (SSSR count). The summed E-state index contributed by atoms with van der Waals surface area (Å²) in [7, 11) is 0. The van der Waals surface area contributed by atoms with Crippen LogP contribution < -0.4 is 10.6 Å². The van der Waals surface area contributed by atoms with Crippen LogP contribution in [0.15, 0.2) is 40.1 Å². The van der Waals surface area contributed by atoms with E-state index in [2.05, 4.69) is 31.7 Å². The first kappa shape index (κ1) is 7.49. The fraction of sp³-hybridized carbons (Fsp3) is 0. The Balaban J connectivity index is 2.44. The van der Waals surface area contributed by atoms with Crippen LogP contribution in [0.3, 0.4) is 0 Å². The van der Waals surface area contributed by atoms with Gasteiger partial charge in [-0.2, -0.15) is 0 Å². The first-order valence-electron chi connectivity index (χ1n) is 3.50. The van der Waals surface area contributed by atoms with E-state index in [9.17, 15) is 0 Å². The van der Waals surface area contributed by atoms with Crippen molar-refractivity contribution in [2.24, 2.45) is 5.11 Å². The van der Waals surface area contributed by atoms with Crippen LogP contribution in [0.4, 0.5) is 0 Å². The van der Waals surface area contributed by atoms with E-state index >= 15 is 0 Å². The molecule has 1 aromatic carbocycles. The maximum absolute atomic E-state index is 3.93. The fourth-order valence-corrected chi connectivity index (χ4v) is 1.38. The normalized spacial score (nSPS) is 15.1. The standard InChI is InChI=1S/C8H6BrN3/c9-8-7(10-12-11-8)6-4-2-1-3-5-6/h1-5H,(H,10,11)/q+1. The largest absolute Gasteiger partial charge is 0.331 e. The van der Waals surface area contributed by atoms with Crippen molar-refractivity contribution in [3.05, 3.63) is 40.5 Å². The molecule has 59 valence electrons. The third-order valence-electron chi connectivity index (χ3n) is 1.55. The summed E-state index contributed by atoms with van der Waals surface area (Å²) in [4.78, 5) is 0. The SMILES string of the molecule is BrC1=C(c2ccccc2)N=[N+]N1. The van der Waals surface area contributed by atoms with Crippen LogP contribution >= 0.6 is 15.9 Å². The molecule has 1 aromatic rings. The fourth-order valence-electron chi connectivity index (χ4n) is 0.996. The van der Waals surface area contributed by atoms with E-state index in [4.69, 9.17) is 0 Å². The van der Waals surface area contributed by atoms with Crippen LogP contribution in [-0.2, 0) is 0 Å². The molecule has 0 saturated carbocycles. The van der Waals surface area contributed by atoms with E-state index in [1.54, 1.807) is 0 Å². The zero-order chi connectivity index (χ0) is 8.39. The summed E-state index contributed by atoms with van der Waals surface area (Å²) in [6.07, 6.45) is 0. The molecule has 0 aromatic heterocycles. The van der Waals surface area contributed by atoms with Gasteiger partial charge in [0.05, 0.1) is 0 Å². The molecule has 1 aliphatic rings. The molecule has 0 amide bonds. The lowest BCUT2D eigenvalue weighted by molar-refractivity contribution is 0.801. The Morgan fingerprint density at radius 1 is 1.25 bits per heavy atom. The van der Waals surface area contributed by atoms with Crippen molar-refractivity contribution < 1.29 is 0 Å². The molecule has 12 heavy (non-hydrogen) atoms. The molecular formula is C8H6BrN3+. The maximum atomic E-state index is 3.93. The summed E-state index contributed by atoms with van der Waals surface area (Å²) in [6, 6.07) is 9.88. The highest BCUT2D eigenvalue weighted by molar-refractivity contribution is 9.11. The molecule has 1 radical (unpaired) electrons. The summed E-state index contributed by atoms with van der Waals surface area (Å²) >= 11 is 3.32. The minimum absolute atomic E-state index is 0.814. The quantitative estimate of drug-likeness (QED) is 0.728. The highest BCUT2D eigenvalue weighted by Gasteiger charge is 2.19. The third kappa shape index (κ3) is 1.25. The second kappa shape index (κ2) is 3.06. The first-order valence-corrected chi connectivity index (χ1v) is 4.29. The molecule has 0 fully saturated rings. The van der Waals surface area contributed by atoms with E-state index in [1.165, 1.54) is 0 Å². The van der Waals surface area contributed by atoms with Gasteiger partial charge >= 0.3 is 5.22 Å². The molecule has 1 aliphatic heterocycles. The number of halogens is 1. The molecule has 1 N–H and O–H groups in total. The molecule has 0 bridgehead atoms. The molecule has 1 heterocycles. The van der Waals surface area contributed by atoms with Gasteiger partial charge in [0.15, 0.2) is 10.3 Å². The van der Waals surface area contributed by atoms with Crippen molar-refractivity contribution in [3.8, 4) is 0 Å². The lowest BCUT2D eigenvalue weighted by atomic mass is 10.2. The van der Waals surface area contributed by atoms with Crippen molar-refractivity contribution in [1.82, 2.24) is 10.6 Å². The summed E-state index contributed by atoms with van der Waals surface area (Å²) < 4.78 is 0.814. The number of rotatable bonds is 1. The van der Waals surface area contributed by atoms with E-state index in [0.717, 1.165) is 15.9 Å². The number of nitrogens with zero attached hydrogens (tertiary/aromatic N) is 2. The Morgan fingerprint density at radius 3 is 2.58 bits per heavy atom. The van der Waals surface area contributed by atoms with Crippen LogP contribution in [0.5, 0.6) is 0 Å². The van der Waals surface area contributed by atoms with Crippen LogP contribution in [0.1, 0.15) is 5.56 Å². The van der Waals surface area contributed by atoms with Crippen LogP contribution in [0.25, 0.3) is 5.70 Å². The second-order valence-corrected chi connectivity index (χ2v) is 3.13. The van der Waals surface area contributed by atoms with Crippen LogP contribution in [-0.4, -0.2) is 0 Å². The van der Waals surface area contributed by atoms with Crippen molar-refractivity contribution in [2.45, 2.75) is 0 Å². The molecule has 4 heteroatoms. The van der Waals surface area contributed by atoms with Crippen molar-refractivity contribution in [1.29, 1.82) is 0 Å². The van der Waals surface area contributed by atoms with Crippen molar-refractivity contribution >= 4 is 21.6 Å². The molecule has 0 saturated heterocycles. The van der Waals surface area contributed by atoms with Gasteiger partial charge in [-0.3, -0.25) is 0 Å². The number of hydrogen-bond donors (Lipinski definition) is 1. The average molecular weight is 224 g/mol. The third-order valence-corrected chi connectivity index (χ3v) is 2.11. The molecular weight excluding hydrogens is 218 g/mol. The monoisotopic (exact) mass is 223 g/mol. The van der Waals surface area contributed by atoms with E-state index in [1.807, 2.05) is 30.3 Å². The smallest absolute Gasteiger partial charge is 0.0622 e. The zero-order valence-electron chi connectivity index (χ0n) is 6.16. The Labute approximate surface area is 78.3 Å². The molecule has 0 unspecified atom stereocenters. The van der Waals surface area contributed by atoms with E-state index in [-0.39, 0.29) is 0 Å². The number of nitrogens with one attached hydrogen (secondary N) is 1. The minimum atomic E-state index is 0.814. The molecule has 0 spiro atoms. The lowest BCUT2D eigenvalue weighted by Gasteiger charge is -1.92. The van der Waals surface area contributed by atoms with Gasteiger partial charge in [0.1, 0.15) is 5.11 Å². The predicted octanol–water partition coefficient (Wildman–Crippen LogP) is 2.01. The lowest BCUT2D eigenvalue weighted by Crippen LogP contribution is -2.03.